The number of likely N-dealkylation sites (tertiary alicyclic amines) is 4. The summed E-state index contributed by atoms with van der Waals surface area (Å²) in [4.78, 5) is 97.2. The highest BCUT2D eigenvalue weighted by atomic mass is 127. The summed E-state index contributed by atoms with van der Waals surface area (Å²) < 4.78 is 22.2. The molecule has 5 saturated heterocycles. The molecule has 622 valence electrons. The van der Waals surface area contributed by atoms with Crippen LogP contribution in [-0.2, 0) is 18.9 Å². The number of hydrogen-bond acceptors (Lipinski definition) is 21. The molecule has 0 spiro atoms. The van der Waals surface area contributed by atoms with Crippen molar-refractivity contribution >= 4 is 118 Å². The van der Waals surface area contributed by atoms with E-state index in [9.17, 15) is 19.2 Å². The smallest absolute Gasteiger partial charge is 0.444 e. The van der Waals surface area contributed by atoms with Crippen LogP contribution in [0.15, 0.2) is 153 Å². The summed E-state index contributed by atoms with van der Waals surface area (Å²) in [5.74, 6) is 1.36. The highest BCUT2D eigenvalue weighted by molar-refractivity contribution is 14.1. The second kappa shape index (κ2) is 47.6. The molecule has 3 aromatic carbocycles. The van der Waals surface area contributed by atoms with Gasteiger partial charge in [-0.15, -0.1) is 12.4 Å². The molecular formula is C83H110BCl5IN15O10. The first-order chi connectivity index (χ1) is 54.1. The molecule has 0 unspecified atom stereocenters. The van der Waals surface area contributed by atoms with Gasteiger partial charge < -0.3 is 53.9 Å². The van der Waals surface area contributed by atoms with Crippen molar-refractivity contribution in [1.82, 2.24) is 74.8 Å². The second-order valence-electron chi connectivity index (χ2n) is 31.6. The molecule has 8 aromatic rings. The molecule has 0 saturated carbocycles. The van der Waals surface area contributed by atoms with Crippen LogP contribution in [0.25, 0.3) is 22.5 Å². The van der Waals surface area contributed by atoms with Crippen molar-refractivity contribution in [1.29, 1.82) is 0 Å². The van der Waals surface area contributed by atoms with Crippen LogP contribution in [0.2, 0.25) is 20.6 Å². The fraction of sp³-hybridized carbons (Fsp3) is 0.494. The first-order valence-electron chi connectivity index (χ1n) is 38.6. The van der Waals surface area contributed by atoms with Crippen LogP contribution < -0.4 is 10.8 Å². The van der Waals surface area contributed by atoms with Gasteiger partial charge in [-0.05, 0) is 166 Å². The van der Waals surface area contributed by atoms with Crippen LogP contribution in [0.5, 0.6) is 0 Å². The Bertz CT molecular complexity index is 4110. The van der Waals surface area contributed by atoms with Gasteiger partial charge in [-0.25, -0.2) is 39.1 Å². The zero-order chi connectivity index (χ0) is 83.0. The minimum Gasteiger partial charge on any atom is -0.444 e. The zero-order valence-electron chi connectivity index (χ0n) is 67.8. The Kier molecular flexibility index (Phi) is 39.8. The Labute approximate surface area is 717 Å². The maximum Gasteiger partial charge on any atom is 0.488 e. The summed E-state index contributed by atoms with van der Waals surface area (Å²) in [5, 5.41) is 22.0. The standard InChI is InChI=1S/C20H25N3O2.C15H17N3.2C14H20ClN3O2.C10H18INO2.C6H7BO2.C4H2Cl2N2.ClH/c1-20(2,3)25-19(24)23-13-9-16(10-14-23)18-17(21-11-12-22-18)15-7-5-4-6-8-15;1-2-4-12(5-3-1)14-15(18-11-10-17-14)13-6-8-16-9-7-13;2*1-14(2,3)20-13(19)18-8-4-10(5-9-18)11-12(15)17-7-6-16-11;1-10(2,3)14-9(13)12-6-4-8(11)5-7-12;8-7(9)6-4-2-1-3-5-6;5-3-4(6)8-2-1-7-3;/h4-8,11-12,16H,9-10,13-14H2,1-3H3;1-5,10-11,13,16H,6-9H2;2*6-7,10H,4-5,8-9H2,1-3H3;8H,4-7H2,1-3H3;1-5,8-9H;1-2H;1H. The molecule has 13 rings (SSSR count). The number of halogens is 6. The Morgan fingerprint density at radius 2 is 0.609 bits per heavy atom. The number of nitrogens with one attached hydrogen (secondary N) is 1. The van der Waals surface area contributed by atoms with Gasteiger partial charge in [0.1, 0.15) is 22.4 Å². The van der Waals surface area contributed by atoms with Gasteiger partial charge in [-0.3, -0.25) is 29.9 Å². The molecule has 10 heterocycles. The molecule has 25 nitrogen and oxygen atoms in total. The average molecular weight is 1790 g/mol. The predicted molar refractivity (Wildman–Crippen MR) is 464 cm³/mol. The van der Waals surface area contributed by atoms with Crippen LogP contribution in [-0.4, -0.2) is 203 Å². The van der Waals surface area contributed by atoms with Crippen molar-refractivity contribution < 1.29 is 48.2 Å². The lowest BCUT2D eigenvalue weighted by molar-refractivity contribution is 0.0193. The summed E-state index contributed by atoms with van der Waals surface area (Å²) in [6.07, 6.45) is 25.2. The van der Waals surface area contributed by atoms with E-state index in [2.05, 4.69) is 114 Å². The Hall–Kier alpha value is -7.74. The van der Waals surface area contributed by atoms with E-state index in [-0.39, 0.29) is 64.5 Å². The molecular weight excluding hydrogens is 1680 g/mol. The van der Waals surface area contributed by atoms with Crippen LogP contribution in [0.4, 0.5) is 19.2 Å². The number of carbonyl (C=O) groups is 4. The van der Waals surface area contributed by atoms with Gasteiger partial charge in [0.25, 0.3) is 0 Å². The molecule has 5 fully saturated rings. The van der Waals surface area contributed by atoms with Crippen LogP contribution in [0.1, 0.15) is 194 Å². The number of aromatic nitrogens is 10. The van der Waals surface area contributed by atoms with E-state index in [0.717, 1.165) is 130 Å². The average Bonchev–Trinajstić information content (AvgIpc) is 0.826. The molecule has 0 atom stereocenters. The van der Waals surface area contributed by atoms with E-state index in [4.69, 9.17) is 75.4 Å². The lowest BCUT2D eigenvalue weighted by Crippen LogP contribution is -2.41. The summed E-state index contributed by atoms with van der Waals surface area (Å²) in [6, 6.07) is 29.1. The largest absolute Gasteiger partial charge is 0.488 e. The molecule has 32 heteroatoms. The molecule has 5 aliphatic rings. The van der Waals surface area contributed by atoms with Gasteiger partial charge in [-0.2, -0.15) is 0 Å². The highest BCUT2D eigenvalue weighted by Crippen LogP contribution is 2.36. The van der Waals surface area contributed by atoms with E-state index >= 15 is 0 Å². The number of alkyl halides is 1. The molecule has 3 N–H and O–H groups in total. The van der Waals surface area contributed by atoms with E-state index in [0.29, 0.717) is 70.8 Å². The molecule has 5 aromatic heterocycles. The number of carbonyl (C=O) groups excluding carboxylic acids is 4. The van der Waals surface area contributed by atoms with Crippen molar-refractivity contribution in [2.45, 2.75) is 197 Å². The number of nitrogens with zero attached hydrogens (tertiary/aromatic N) is 14. The summed E-state index contributed by atoms with van der Waals surface area (Å²) in [7, 11) is -1.34. The number of ether oxygens (including phenoxy) is 4. The third kappa shape index (κ3) is 34.4. The van der Waals surface area contributed by atoms with Crippen LogP contribution in [0, 0.1) is 0 Å². The minimum absolute atomic E-state index is 0. The lowest BCUT2D eigenvalue weighted by atomic mass is 9.81. The van der Waals surface area contributed by atoms with Gasteiger partial charge in [-0.1, -0.05) is 160 Å². The monoisotopic (exact) mass is 1790 g/mol. The SMILES string of the molecule is CC(C)(C)OC(=O)N1CCC(I)CC1.CC(C)(C)OC(=O)N1CCC(c2nccnc2-c2ccccc2)CC1.CC(C)(C)OC(=O)N1CCC(c2nccnc2Cl)CC1.CC(C)(C)OC(=O)N1CCC(c2nccnc2Cl)CC1.Cl.Clc1nccnc1Cl.OB(O)c1ccccc1.c1ccc(-c2nccnc2C2CCNCC2)cc1. The highest BCUT2D eigenvalue weighted by Gasteiger charge is 2.34. The van der Waals surface area contributed by atoms with Gasteiger partial charge in [0, 0.05) is 153 Å². The quantitative estimate of drug-likeness (QED) is 0.0578. The van der Waals surface area contributed by atoms with Crippen molar-refractivity contribution in [2.75, 3.05) is 65.4 Å². The van der Waals surface area contributed by atoms with Crippen LogP contribution in [0.3, 0.4) is 0 Å². The Morgan fingerprint density at radius 3 is 0.878 bits per heavy atom. The molecule has 5 aliphatic heterocycles. The topological polar surface area (TPSA) is 300 Å². The van der Waals surface area contributed by atoms with Crippen molar-refractivity contribution in [3.05, 3.63) is 196 Å². The lowest BCUT2D eigenvalue weighted by Gasteiger charge is -2.33. The maximum absolute atomic E-state index is 12.2. The van der Waals surface area contributed by atoms with Gasteiger partial charge >= 0.3 is 31.5 Å². The van der Waals surface area contributed by atoms with Crippen molar-refractivity contribution in [2.24, 2.45) is 0 Å². The summed E-state index contributed by atoms with van der Waals surface area (Å²) >= 11 is 25.4. The number of piperidine rings is 5. The molecule has 0 bridgehead atoms. The van der Waals surface area contributed by atoms with E-state index < -0.39 is 23.9 Å². The van der Waals surface area contributed by atoms with Gasteiger partial charge in [0.2, 0.25) is 0 Å². The Balaban J connectivity index is 0.000000214. The second-order valence-corrected chi connectivity index (χ2v) is 34.8. The first-order valence-corrected chi connectivity index (χ1v) is 41.3. The van der Waals surface area contributed by atoms with Gasteiger partial charge in [0.05, 0.1) is 34.2 Å². The van der Waals surface area contributed by atoms with Crippen molar-refractivity contribution in [3.8, 4) is 22.5 Å². The summed E-state index contributed by atoms with van der Waals surface area (Å²) in [5.41, 5.74) is 6.86. The fourth-order valence-electron chi connectivity index (χ4n) is 12.5. The van der Waals surface area contributed by atoms with E-state index in [1.165, 1.54) is 18.0 Å². The number of hydrogen-bond donors (Lipinski definition) is 3. The van der Waals surface area contributed by atoms with Gasteiger partial charge in [0.15, 0.2) is 20.6 Å². The third-order valence-electron chi connectivity index (χ3n) is 18.0. The third-order valence-corrected chi connectivity index (χ3v) is 20.5. The number of rotatable bonds is 7. The number of benzene rings is 3. The molecule has 0 aliphatic carbocycles. The normalized spacial score (nSPS) is 15.7. The Morgan fingerprint density at radius 1 is 0.365 bits per heavy atom. The van der Waals surface area contributed by atoms with E-state index in [1.54, 1.807) is 87.2 Å². The predicted octanol–water partition coefficient (Wildman–Crippen LogP) is 17.8. The van der Waals surface area contributed by atoms with Crippen molar-refractivity contribution in [3.63, 3.8) is 0 Å². The molecule has 4 amide bonds. The fourth-order valence-corrected chi connectivity index (χ4v) is 13.8. The van der Waals surface area contributed by atoms with E-state index in [1.807, 2.05) is 120 Å². The summed E-state index contributed by atoms with van der Waals surface area (Å²) in [6.45, 7) is 30.4. The molecule has 115 heavy (non-hydrogen) atoms. The number of amides is 4. The zero-order valence-corrected chi connectivity index (χ0v) is 73.8. The van der Waals surface area contributed by atoms with Crippen LogP contribution >= 0.6 is 81.4 Å². The minimum atomic E-state index is -1.34. The molecule has 0 radical (unpaired) electrons. The maximum atomic E-state index is 12.2. The first kappa shape index (κ1) is 96.1.